The third kappa shape index (κ3) is 2.18. The zero-order valence-electron chi connectivity index (χ0n) is 11.5. The lowest BCUT2D eigenvalue weighted by molar-refractivity contribution is 0.284. The third-order valence-corrected chi connectivity index (χ3v) is 4.66. The first-order chi connectivity index (χ1) is 9.13. The molecule has 3 rings (SSSR count). The quantitative estimate of drug-likeness (QED) is 0.848. The van der Waals surface area contributed by atoms with E-state index in [9.17, 15) is 0 Å². The Labute approximate surface area is 118 Å². The van der Waals surface area contributed by atoms with Crippen LogP contribution >= 0.6 is 12.2 Å². The zero-order chi connectivity index (χ0) is 13.5. The van der Waals surface area contributed by atoms with Crippen molar-refractivity contribution in [3.8, 4) is 5.75 Å². The SMILES string of the molecule is COc1cccc2c1[nH]c(=S)n2CC1(C)CCCC1. The van der Waals surface area contributed by atoms with Gasteiger partial charge in [0.1, 0.15) is 11.3 Å². The third-order valence-electron chi connectivity index (χ3n) is 4.34. The molecule has 0 radical (unpaired) electrons. The van der Waals surface area contributed by atoms with E-state index in [1.54, 1.807) is 7.11 Å². The predicted octanol–water partition coefficient (Wildman–Crippen LogP) is 4.29. The van der Waals surface area contributed by atoms with E-state index >= 15 is 0 Å². The summed E-state index contributed by atoms with van der Waals surface area (Å²) in [5.74, 6) is 0.860. The average Bonchev–Trinajstić information content (AvgIpc) is 2.95. The van der Waals surface area contributed by atoms with Crippen LogP contribution in [0.3, 0.4) is 0 Å². The Hall–Kier alpha value is -1.29. The number of rotatable bonds is 3. The summed E-state index contributed by atoms with van der Waals surface area (Å²) in [5.41, 5.74) is 2.55. The van der Waals surface area contributed by atoms with Crippen molar-refractivity contribution in [2.75, 3.05) is 7.11 Å². The number of benzene rings is 1. The summed E-state index contributed by atoms with van der Waals surface area (Å²) in [7, 11) is 1.70. The maximum atomic E-state index is 5.50. The Bertz CT molecular complexity index is 650. The molecule has 3 nitrogen and oxygen atoms in total. The number of methoxy groups -OCH3 is 1. The molecule has 1 aromatic heterocycles. The molecular formula is C15H20N2OS. The van der Waals surface area contributed by atoms with Gasteiger partial charge in [0.25, 0.3) is 0 Å². The molecule has 1 aromatic carbocycles. The van der Waals surface area contributed by atoms with Crippen molar-refractivity contribution in [3.63, 3.8) is 0 Å². The minimum absolute atomic E-state index is 0.385. The molecule has 0 unspecified atom stereocenters. The van der Waals surface area contributed by atoms with E-state index in [1.807, 2.05) is 12.1 Å². The lowest BCUT2D eigenvalue weighted by atomic mass is 9.89. The van der Waals surface area contributed by atoms with Crippen LogP contribution in [0.1, 0.15) is 32.6 Å². The highest BCUT2D eigenvalue weighted by atomic mass is 32.1. The normalized spacial score (nSPS) is 18.0. The summed E-state index contributed by atoms with van der Waals surface area (Å²) >= 11 is 5.50. The van der Waals surface area contributed by atoms with E-state index in [0.717, 1.165) is 28.1 Å². The van der Waals surface area contributed by atoms with E-state index in [2.05, 4.69) is 22.5 Å². The number of para-hydroxylation sites is 1. The summed E-state index contributed by atoms with van der Waals surface area (Å²) in [6.07, 6.45) is 5.28. The van der Waals surface area contributed by atoms with Crippen LogP contribution in [0.5, 0.6) is 5.75 Å². The van der Waals surface area contributed by atoms with Gasteiger partial charge < -0.3 is 14.3 Å². The average molecular weight is 276 g/mol. The molecule has 1 heterocycles. The first-order valence-corrected chi connectivity index (χ1v) is 7.29. The van der Waals surface area contributed by atoms with Crippen LogP contribution < -0.4 is 4.74 Å². The van der Waals surface area contributed by atoms with Gasteiger partial charge in [-0.2, -0.15) is 0 Å². The predicted molar refractivity (Wildman–Crippen MR) is 80.2 cm³/mol. The van der Waals surface area contributed by atoms with Crippen molar-refractivity contribution in [3.05, 3.63) is 23.0 Å². The van der Waals surface area contributed by atoms with Gasteiger partial charge in [-0.15, -0.1) is 0 Å². The molecule has 102 valence electrons. The number of hydrogen-bond donors (Lipinski definition) is 1. The lowest BCUT2D eigenvalue weighted by Gasteiger charge is -2.24. The molecule has 1 aliphatic rings. The molecule has 0 amide bonds. The van der Waals surface area contributed by atoms with Crippen molar-refractivity contribution in [2.24, 2.45) is 5.41 Å². The fourth-order valence-corrected chi connectivity index (χ4v) is 3.51. The maximum Gasteiger partial charge on any atom is 0.178 e. The van der Waals surface area contributed by atoms with Gasteiger partial charge in [0.2, 0.25) is 0 Å². The first kappa shape index (κ1) is 12.7. The number of ether oxygens (including phenoxy) is 1. The Morgan fingerprint density at radius 1 is 1.37 bits per heavy atom. The Morgan fingerprint density at radius 3 is 2.79 bits per heavy atom. The van der Waals surface area contributed by atoms with Gasteiger partial charge in [-0.05, 0) is 42.6 Å². The highest BCUT2D eigenvalue weighted by Gasteiger charge is 2.29. The summed E-state index contributed by atoms with van der Waals surface area (Å²) in [6.45, 7) is 3.37. The summed E-state index contributed by atoms with van der Waals surface area (Å²) in [4.78, 5) is 3.29. The van der Waals surface area contributed by atoms with Crippen LogP contribution in [0.4, 0.5) is 0 Å². The van der Waals surface area contributed by atoms with Gasteiger partial charge in [-0.3, -0.25) is 0 Å². The number of aromatic amines is 1. The van der Waals surface area contributed by atoms with Crippen LogP contribution in [0.25, 0.3) is 11.0 Å². The van der Waals surface area contributed by atoms with Gasteiger partial charge in [-0.1, -0.05) is 25.8 Å². The van der Waals surface area contributed by atoms with Crippen molar-refractivity contribution >= 4 is 23.3 Å². The fourth-order valence-electron chi connectivity index (χ4n) is 3.25. The first-order valence-electron chi connectivity index (χ1n) is 6.88. The number of aromatic nitrogens is 2. The topological polar surface area (TPSA) is 29.9 Å². The number of hydrogen-bond acceptors (Lipinski definition) is 2. The van der Waals surface area contributed by atoms with Crippen LogP contribution in [-0.2, 0) is 6.54 Å². The second kappa shape index (κ2) is 4.67. The number of nitrogens with zero attached hydrogens (tertiary/aromatic N) is 1. The molecular weight excluding hydrogens is 256 g/mol. The van der Waals surface area contributed by atoms with E-state index in [-0.39, 0.29) is 0 Å². The van der Waals surface area contributed by atoms with Crippen LogP contribution in [-0.4, -0.2) is 16.7 Å². The Kier molecular flexibility index (Phi) is 3.13. The number of H-pyrrole nitrogens is 1. The minimum atomic E-state index is 0.385. The van der Waals surface area contributed by atoms with Crippen molar-refractivity contribution < 1.29 is 4.74 Å². The largest absolute Gasteiger partial charge is 0.494 e. The molecule has 4 heteroatoms. The number of imidazole rings is 1. The van der Waals surface area contributed by atoms with E-state index in [4.69, 9.17) is 17.0 Å². The van der Waals surface area contributed by atoms with Gasteiger partial charge in [0.15, 0.2) is 4.77 Å². The molecule has 19 heavy (non-hydrogen) atoms. The molecule has 1 fully saturated rings. The summed E-state index contributed by atoms with van der Waals surface area (Å²) < 4.78 is 8.43. The molecule has 1 saturated carbocycles. The van der Waals surface area contributed by atoms with E-state index in [0.29, 0.717) is 5.41 Å². The smallest absolute Gasteiger partial charge is 0.178 e. The van der Waals surface area contributed by atoms with Gasteiger partial charge in [-0.25, -0.2) is 0 Å². The molecule has 0 bridgehead atoms. The van der Waals surface area contributed by atoms with Crippen molar-refractivity contribution in [2.45, 2.75) is 39.2 Å². The van der Waals surface area contributed by atoms with E-state index < -0.39 is 0 Å². The minimum Gasteiger partial charge on any atom is -0.494 e. The van der Waals surface area contributed by atoms with Crippen LogP contribution in [0.2, 0.25) is 0 Å². The molecule has 1 aliphatic carbocycles. The molecule has 0 saturated heterocycles. The molecule has 0 aliphatic heterocycles. The lowest BCUT2D eigenvalue weighted by Crippen LogP contribution is -2.19. The fraction of sp³-hybridized carbons (Fsp3) is 0.533. The Balaban J connectivity index is 2.08. The summed E-state index contributed by atoms with van der Waals surface area (Å²) in [5, 5.41) is 0. The van der Waals surface area contributed by atoms with Gasteiger partial charge in [0, 0.05) is 6.54 Å². The van der Waals surface area contributed by atoms with Gasteiger partial charge >= 0.3 is 0 Å². The van der Waals surface area contributed by atoms with Crippen molar-refractivity contribution in [1.82, 2.24) is 9.55 Å². The molecule has 0 spiro atoms. The van der Waals surface area contributed by atoms with E-state index in [1.165, 1.54) is 25.7 Å². The standard InChI is InChI=1S/C15H20N2OS/c1-15(8-3-4-9-15)10-17-11-6-5-7-12(18-2)13(11)16-14(17)19/h5-7H,3-4,8-10H2,1-2H3,(H,16,19). The van der Waals surface area contributed by atoms with Crippen LogP contribution in [0.15, 0.2) is 18.2 Å². The molecule has 2 aromatic rings. The summed E-state index contributed by atoms with van der Waals surface area (Å²) in [6, 6.07) is 6.11. The zero-order valence-corrected chi connectivity index (χ0v) is 12.3. The molecule has 1 N–H and O–H groups in total. The second-order valence-corrected chi connectivity index (χ2v) is 6.28. The maximum absolute atomic E-state index is 5.50. The monoisotopic (exact) mass is 276 g/mol. The Morgan fingerprint density at radius 2 is 2.11 bits per heavy atom. The highest BCUT2D eigenvalue weighted by Crippen LogP contribution is 2.40. The van der Waals surface area contributed by atoms with Crippen molar-refractivity contribution in [1.29, 1.82) is 0 Å². The number of fused-ring (bicyclic) bond motifs is 1. The van der Waals surface area contributed by atoms with Crippen LogP contribution in [0, 0.1) is 10.2 Å². The van der Waals surface area contributed by atoms with Gasteiger partial charge in [0.05, 0.1) is 12.6 Å². The highest BCUT2D eigenvalue weighted by molar-refractivity contribution is 7.71. The second-order valence-electron chi connectivity index (χ2n) is 5.89. The molecule has 0 atom stereocenters. The number of nitrogens with one attached hydrogen (secondary N) is 1.